The summed E-state index contributed by atoms with van der Waals surface area (Å²) in [6.45, 7) is 5.86. The Labute approximate surface area is 128 Å². The van der Waals surface area contributed by atoms with Crippen molar-refractivity contribution >= 4 is 17.5 Å². The summed E-state index contributed by atoms with van der Waals surface area (Å²) in [5.41, 5.74) is 0.434. The molecule has 2 rings (SSSR count). The van der Waals surface area contributed by atoms with Crippen molar-refractivity contribution in [2.45, 2.75) is 33.2 Å². The summed E-state index contributed by atoms with van der Waals surface area (Å²) in [6.07, 6.45) is 0.706. The fourth-order valence-corrected chi connectivity index (χ4v) is 2.25. The minimum absolute atomic E-state index is 0.248. The molecular weight excluding hydrogens is 290 g/mol. The van der Waals surface area contributed by atoms with Crippen molar-refractivity contribution in [1.82, 2.24) is 15.5 Å². The summed E-state index contributed by atoms with van der Waals surface area (Å²) >= 11 is 6.05. The third-order valence-electron chi connectivity index (χ3n) is 2.97. The summed E-state index contributed by atoms with van der Waals surface area (Å²) in [5, 5.41) is 11.2. The van der Waals surface area contributed by atoms with Crippen molar-refractivity contribution in [3.8, 4) is 0 Å². The van der Waals surface area contributed by atoms with E-state index in [9.17, 15) is 4.79 Å². The molecule has 112 valence electrons. The molecule has 2 aromatic rings. The molecule has 1 aromatic carbocycles. The lowest BCUT2D eigenvalue weighted by Gasteiger charge is -2.17. The second-order valence-corrected chi connectivity index (χ2v) is 5.70. The summed E-state index contributed by atoms with van der Waals surface area (Å²) in [4.78, 5) is 12.4. The molecule has 0 aliphatic heterocycles. The number of carbonyl (C=O) groups excluding carboxylic acids is 1. The zero-order chi connectivity index (χ0) is 15.4. The molecule has 0 aliphatic carbocycles. The van der Waals surface area contributed by atoms with E-state index in [0.717, 1.165) is 0 Å². The molecule has 0 fully saturated rings. The standard InChI is InChI=1S/C15H18ClN3O2/c1-9(2)8-13(15-19-18-10(3)21-15)17-14(20)11-6-4-5-7-12(11)16/h4-7,9,13H,8H2,1-3H3,(H,17,20). The van der Waals surface area contributed by atoms with Crippen LogP contribution in [-0.4, -0.2) is 16.1 Å². The topological polar surface area (TPSA) is 68.0 Å². The zero-order valence-electron chi connectivity index (χ0n) is 12.3. The molecule has 0 saturated heterocycles. The van der Waals surface area contributed by atoms with E-state index in [1.807, 2.05) is 0 Å². The smallest absolute Gasteiger partial charge is 0.253 e. The largest absolute Gasteiger partial charge is 0.423 e. The minimum Gasteiger partial charge on any atom is -0.423 e. The molecule has 1 heterocycles. The van der Waals surface area contributed by atoms with E-state index in [1.165, 1.54) is 0 Å². The van der Waals surface area contributed by atoms with Crippen LogP contribution in [0.25, 0.3) is 0 Å². The summed E-state index contributed by atoms with van der Waals surface area (Å²) in [7, 11) is 0. The molecule has 1 amide bonds. The normalized spacial score (nSPS) is 12.4. The van der Waals surface area contributed by atoms with Crippen molar-refractivity contribution < 1.29 is 9.21 Å². The number of benzene rings is 1. The molecule has 0 spiro atoms. The van der Waals surface area contributed by atoms with Crippen molar-refractivity contribution in [3.63, 3.8) is 0 Å². The van der Waals surface area contributed by atoms with Crippen LogP contribution in [0.4, 0.5) is 0 Å². The van der Waals surface area contributed by atoms with Crippen LogP contribution in [0.2, 0.25) is 5.02 Å². The quantitative estimate of drug-likeness (QED) is 0.917. The van der Waals surface area contributed by atoms with Gasteiger partial charge in [0.15, 0.2) is 0 Å². The van der Waals surface area contributed by atoms with Gasteiger partial charge in [-0.2, -0.15) is 0 Å². The van der Waals surface area contributed by atoms with Gasteiger partial charge in [-0.1, -0.05) is 37.6 Å². The highest BCUT2D eigenvalue weighted by Crippen LogP contribution is 2.22. The van der Waals surface area contributed by atoms with Gasteiger partial charge in [-0.15, -0.1) is 10.2 Å². The van der Waals surface area contributed by atoms with Gasteiger partial charge in [-0.05, 0) is 24.5 Å². The Balaban J connectivity index is 2.19. The number of halogens is 1. The predicted octanol–water partition coefficient (Wildman–Crippen LogP) is 3.55. The molecular formula is C15H18ClN3O2. The predicted molar refractivity (Wildman–Crippen MR) is 80.1 cm³/mol. The molecule has 1 atom stereocenters. The number of aromatic nitrogens is 2. The van der Waals surface area contributed by atoms with Crippen LogP contribution >= 0.6 is 11.6 Å². The highest BCUT2D eigenvalue weighted by atomic mass is 35.5. The summed E-state index contributed by atoms with van der Waals surface area (Å²) < 4.78 is 5.44. The first-order chi connectivity index (χ1) is 9.97. The fourth-order valence-electron chi connectivity index (χ4n) is 2.03. The Morgan fingerprint density at radius 2 is 2.05 bits per heavy atom. The first-order valence-electron chi connectivity index (χ1n) is 6.82. The van der Waals surface area contributed by atoms with Gasteiger partial charge in [0.05, 0.1) is 10.6 Å². The highest BCUT2D eigenvalue weighted by molar-refractivity contribution is 6.33. The number of hydrogen-bond donors (Lipinski definition) is 1. The number of nitrogens with zero attached hydrogens (tertiary/aromatic N) is 2. The Hall–Kier alpha value is -1.88. The van der Waals surface area contributed by atoms with Gasteiger partial charge >= 0.3 is 0 Å². The third kappa shape index (κ3) is 4.04. The van der Waals surface area contributed by atoms with E-state index in [4.69, 9.17) is 16.0 Å². The molecule has 1 unspecified atom stereocenters. The Bertz CT molecular complexity index is 625. The second-order valence-electron chi connectivity index (χ2n) is 5.29. The summed E-state index contributed by atoms with van der Waals surface area (Å²) in [6, 6.07) is 6.60. The van der Waals surface area contributed by atoms with Gasteiger partial charge in [0.1, 0.15) is 6.04 Å². The van der Waals surface area contributed by atoms with Gasteiger partial charge in [-0.25, -0.2) is 0 Å². The molecule has 0 bridgehead atoms. The Kier molecular flexibility index (Phi) is 4.96. The van der Waals surface area contributed by atoms with Gasteiger partial charge in [0.25, 0.3) is 5.91 Å². The number of rotatable bonds is 5. The highest BCUT2D eigenvalue weighted by Gasteiger charge is 2.23. The van der Waals surface area contributed by atoms with Crippen LogP contribution in [0.1, 0.15) is 48.4 Å². The zero-order valence-corrected chi connectivity index (χ0v) is 13.0. The molecule has 0 aliphatic rings. The van der Waals surface area contributed by atoms with Crippen molar-refractivity contribution in [1.29, 1.82) is 0 Å². The monoisotopic (exact) mass is 307 g/mol. The van der Waals surface area contributed by atoms with Gasteiger partial charge in [0.2, 0.25) is 11.8 Å². The molecule has 0 saturated carbocycles. The SMILES string of the molecule is Cc1nnc(C(CC(C)C)NC(=O)c2ccccc2Cl)o1. The van der Waals surface area contributed by atoms with Crippen molar-refractivity contribution in [2.24, 2.45) is 5.92 Å². The number of amides is 1. The average Bonchev–Trinajstić information content (AvgIpc) is 2.84. The van der Waals surface area contributed by atoms with E-state index < -0.39 is 0 Å². The minimum atomic E-state index is -0.324. The van der Waals surface area contributed by atoms with Gasteiger partial charge < -0.3 is 9.73 Å². The number of hydrogen-bond acceptors (Lipinski definition) is 4. The van der Waals surface area contributed by atoms with E-state index in [0.29, 0.717) is 34.7 Å². The first kappa shape index (κ1) is 15.5. The maximum Gasteiger partial charge on any atom is 0.253 e. The third-order valence-corrected chi connectivity index (χ3v) is 3.30. The lowest BCUT2D eigenvalue weighted by atomic mass is 10.0. The van der Waals surface area contributed by atoms with E-state index in [-0.39, 0.29) is 11.9 Å². The maximum atomic E-state index is 12.4. The van der Waals surface area contributed by atoms with Crippen LogP contribution < -0.4 is 5.32 Å². The summed E-state index contributed by atoms with van der Waals surface area (Å²) in [5.74, 6) is 1.02. The van der Waals surface area contributed by atoms with Crippen LogP contribution in [0.3, 0.4) is 0 Å². The number of carbonyl (C=O) groups is 1. The van der Waals surface area contributed by atoms with Crippen LogP contribution in [-0.2, 0) is 0 Å². The van der Waals surface area contributed by atoms with E-state index in [2.05, 4.69) is 29.4 Å². The first-order valence-corrected chi connectivity index (χ1v) is 7.20. The molecule has 5 nitrogen and oxygen atoms in total. The van der Waals surface area contributed by atoms with E-state index >= 15 is 0 Å². The van der Waals surface area contributed by atoms with Crippen molar-refractivity contribution in [2.75, 3.05) is 0 Å². The molecule has 1 N–H and O–H groups in total. The molecule has 1 aromatic heterocycles. The second kappa shape index (κ2) is 6.72. The van der Waals surface area contributed by atoms with Crippen LogP contribution in [0.5, 0.6) is 0 Å². The molecule has 21 heavy (non-hydrogen) atoms. The lowest BCUT2D eigenvalue weighted by Crippen LogP contribution is -2.30. The van der Waals surface area contributed by atoms with Crippen LogP contribution in [0.15, 0.2) is 28.7 Å². The Morgan fingerprint density at radius 3 is 2.62 bits per heavy atom. The van der Waals surface area contributed by atoms with Crippen molar-refractivity contribution in [3.05, 3.63) is 46.6 Å². The van der Waals surface area contributed by atoms with Gasteiger partial charge in [-0.3, -0.25) is 4.79 Å². The van der Waals surface area contributed by atoms with Gasteiger partial charge in [0, 0.05) is 6.92 Å². The van der Waals surface area contributed by atoms with E-state index in [1.54, 1.807) is 31.2 Å². The Morgan fingerprint density at radius 1 is 1.33 bits per heavy atom. The molecule has 6 heteroatoms. The molecule has 0 radical (unpaired) electrons. The number of aryl methyl sites for hydroxylation is 1. The van der Waals surface area contributed by atoms with Crippen LogP contribution in [0, 0.1) is 12.8 Å². The lowest BCUT2D eigenvalue weighted by molar-refractivity contribution is 0.0924. The maximum absolute atomic E-state index is 12.4. The number of nitrogens with one attached hydrogen (secondary N) is 1. The average molecular weight is 308 g/mol. The fraction of sp³-hybridized carbons (Fsp3) is 0.400.